The summed E-state index contributed by atoms with van der Waals surface area (Å²) in [5.74, 6) is 0.982. The van der Waals surface area contributed by atoms with Crippen LogP contribution in [0, 0.1) is 17.2 Å². The van der Waals surface area contributed by atoms with Crippen molar-refractivity contribution in [1.82, 2.24) is 9.62 Å². The van der Waals surface area contributed by atoms with Gasteiger partial charge in [-0.15, -0.1) is 0 Å². The zero-order chi connectivity index (χ0) is 19.1. The summed E-state index contributed by atoms with van der Waals surface area (Å²) < 4.78 is 33.9. The maximum absolute atomic E-state index is 12.8. The maximum Gasteiger partial charge on any atom is 0.255 e. The van der Waals surface area contributed by atoms with E-state index < -0.39 is 10.9 Å². The summed E-state index contributed by atoms with van der Waals surface area (Å²) in [4.78, 5) is 14.6. The number of amides is 1. The van der Waals surface area contributed by atoms with Gasteiger partial charge in [0.25, 0.3) is 5.91 Å². The van der Waals surface area contributed by atoms with Crippen LogP contribution in [0.15, 0.2) is 12.1 Å². The van der Waals surface area contributed by atoms with Crippen LogP contribution in [0.1, 0.15) is 35.2 Å². The van der Waals surface area contributed by atoms with E-state index >= 15 is 0 Å². The first-order valence-electron chi connectivity index (χ1n) is 8.33. The number of hydrogen-bond acceptors (Lipinski definition) is 6. The van der Waals surface area contributed by atoms with Gasteiger partial charge < -0.3 is 14.4 Å². The minimum Gasteiger partial charge on any atom is -0.493 e. The fourth-order valence-corrected chi connectivity index (χ4v) is 3.42. The van der Waals surface area contributed by atoms with Crippen LogP contribution in [0.5, 0.6) is 11.5 Å². The average Bonchev–Trinajstić information content (AvgIpc) is 2.66. The lowest BCUT2D eigenvalue weighted by molar-refractivity contribution is 0.0687. The third kappa shape index (κ3) is 4.86. The molecule has 1 aliphatic heterocycles. The second-order valence-electron chi connectivity index (χ2n) is 6.05. The van der Waals surface area contributed by atoms with Crippen LogP contribution in [-0.2, 0) is 10.9 Å². The first-order valence-corrected chi connectivity index (χ1v) is 9.51. The van der Waals surface area contributed by atoms with Crippen molar-refractivity contribution in [3.05, 3.63) is 23.3 Å². The number of carbonyl (C=O) groups excluding carboxylic acids is 1. The molecule has 0 atom stereocenters. The zero-order valence-electron chi connectivity index (χ0n) is 14.9. The molecule has 0 aliphatic carbocycles. The van der Waals surface area contributed by atoms with E-state index in [0.717, 1.165) is 19.3 Å². The number of nitriles is 1. The highest BCUT2D eigenvalue weighted by Crippen LogP contribution is 2.31. The first kappa shape index (κ1) is 20.0. The van der Waals surface area contributed by atoms with Gasteiger partial charge >= 0.3 is 0 Å². The number of carbonyl (C=O) groups is 1. The Balaban J connectivity index is 2.05. The van der Waals surface area contributed by atoms with Gasteiger partial charge in [-0.05, 0) is 31.2 Å². The maximum atomic E-state index is 12.8. The molecular weight excluding hydrogens is 358 g/mol. The smallest absolute Gasteiger partial charge is 0.255 e. The van der Waals surface area contributed by atoms with Crippen molar-refractivity contribution in [3.63, 3.8) is 0 Å². The summed E-state index contributed by atoms with van der Waals surface area (Å²) in [6, 6.07) is 5.09. The Bertz CT molecular complexity index is 756. The molecule has 1 aromatic rings. The molecule has 1 amide bonds. The Labute approximate surface area is 154 Å². The predicted molar refractivity (Wildman–Crippen MR) is 95.8 cm³/mol. The number of likely N-dealkylation sites (tertiary alicyclic amines) is 1. The molecule has 1 saturated heterocycles. The van der Waals surface area contributed by atoms with Gasteiger partial charge in [-0.1, -0.05) is 0 Å². The summed E-state index contributed by atoms with van der Waals surface area (Å²) in [7, 11) is 0.396. The van der Waals surface area contributed by atoms with E-state index in [1.165, 1.54) is 20.3 Å². The van der Waals surface area contributed by atoms with E-state index in [9.17, 15) is 18.5 Å². The summed E-state index contributed by atoms with van der Waals surface area (Å²) in [5.41, 5.74) is 0.548. The number of rotatable bonds is 7. The highest BCUT2D eigenvalue weighted by Gasteiger charge is 2.26. The lowest BCUT2D eigenvalue weighted by Gasteiger charge is -2.32. The molecule has 1 N–H and O–H groups in total. The topological polar surface area (TPSA) is 109 Å². The average molecular weight is 381 g/mol. The highest BCUT2D eigenvalue weighted by molar-refractivity contribution is 7.70. The number of nitrogens with one attached hydrogen (secondary N) is 1. The second kappa shape index (κ2) is 9.40. The molecule has 1 aliphatic rings. The Morgan fingerprint density at radius 2 is 1.88 bits per heavy atom. The molecule has 8 nitrogen and oxygen atoms in total. The minimum absolute atomic E-state index is 0.207. The van der Waals surface area contributed by atoms with Crippen molar-refractivity contribution < 1.29 is 22.7 Å². The van der Waals surface area contributed by atoms with Crippen molar-refractivity contribution in [2.24, 2.45) is 5.92 Å². The molecule has 1 aromatic carbocycles. The summed E-state index contributed by atoms with van der Waals surface area (Å²) in [6.07, 6.45) is 2.36. The first-order chi connectivity index (χ1) is 12.5. The van der Waals surface area contributed by atoms with E-state index in [1.807, 2.05) is 6.07 Å². The van der Waals surface area contributed by atoms with E-state index in [4.69, 9.17) is 9.47 Å². The van der Waals surface area contributed by atoms with Crippen LogP contribution in [-0.4, -0.2) is 53.1 Å². The van der Waals surface area contributed by atoms with E-state index in [2.05, 4.69) is 4.72 Å². The largest absolute Gasteiger partial charge is 0.493 e. The van der Waals surface area contributed by atoms with Gasteiger partial charge in [-0.2, -0.15) is 5.26 Å². The molecule has 0 saturated carbocycles. The number of hydrogen-bond donors (Lipinski definition) is 2. The molecule has 26 heavy (non-hydrogen) atoms. The van der Waals surface area contributed by atoms with Gasteiger partial charge in [-0.25, -0.2) is 13.1 Å². The van der Waals surface area contributed by atoms with Gasteiger partial charge in [0.2, 0.25) is 10.9 Å². The summed E-state index contributed by atoms with van der Waals surface area (Å²) >= 11 is 0. The van der Waals surface area contributed by atoms with E-state index in [1.54, 1.807) is 11.0 Å². The standard InChI is InChI=1S/C17H23N3O5S/c1-24-15-9-13(11-18)14(10-16(15)25-2)17(21)20-7-4-12(5-8-20)3-6-19-26(22)23/h9-10,12,26H,3-8H2,1-2H3,(H,19,22,23). The highest BCUT2D eigenvalue weighted by atomic mass is 32.2. The molecule has 9 heteroatoms. The number of piperidine rings is 1. The van der Waals surface area contributed by atoms with Gasteiger partial charge in [0.1, 0.15) is 6.07 Å². The third-order valence-electron chi connectivity index (χ3n) is 4.57. The van der Waals surface area contributed by atoms with Crippen LogP contribution in [0.2, 0.25) is 0 Å². The molecular formula is C17H23N3O5S. The number of ether oxygens (including phenoxy) is 2. The van der Waals surface area contributed by atoms with Crippen molar-refractivity contribution in [2.75, 3.05) is 33.9 Å². The van der Waals surface area contributed by atoms with Crippen LogP contribution < -0.4 is 14.2 Å². The molecule has 1 heterocycles. The SMILES string of the molecule is COc1cc(C#N)c(C(=O)N2CCC(CCN[SH](=O)=O)CC2)cc1OC. The number of benzene rings is 1. The number of methoxy groups -OCH3 is 2. The van der Waals surface area contributed by atoms with Gasteiger partial charge in [0, 0.05) is 25.7 Å². The van der Waals surface area contributed by atoms with E-state index in [0.29, 0.717) is 42.6 Å². The minimum atomic E-state index is -2.56. The van der Waals surface area contributed by atoms with Crippen LogP contribution in [0.25, 0.3) is 0 Å². The normalized spacial score (nSPS) is 14.9. The Morgan fingerprint density at radius 3 is 2.42 bits per heavy atom. The number of nitrogens with zero attached hydrogens (tertiary/aromatic N) is 2. The van der Waals surface area contributed by atoms with Gasteiger partial charge in [-0.3, -0.25) is 4.79 Å². The molecule has 1 fully saturated rings. The Kier molecular flexibility index (Phi) is 7.24. The monoisotopic (exact) mass is 381 g/mol. The molecule has 0 unspecified atom stereocenters. The molecule has 142 valence electrons. The van der Waals surface area contributed by atoms with E-state index in [-0.39, 0.29) is 11.5 Å². The van der Waals surface area contributed by atoms with Gasteiger partial charge in [0.15, 0.2) is 11.5 Å². The second-order valence-corrected chi connectivity index (χ2v) is 6.88. The van der Waals surface area contributed by atoms with Crippen LogP contribution in [0.3, 0.4) is 0 Å². The third-order valence-corrected chi connectivity index (χ3v) is 5.05. The molecule has 0 aromatic heterocycles. The molecule has 0 spiro atoms. The predicted octanol–water partition coefficient (Wildman–Crippen LogP) is 0.934. The Hall–Kier alpha value is -2.31. The Morgan fingerprint density at radius 1 is 1.27 bits per heavy atom. The lowest BCUT2D eigenvalue weighted by Crippen LogP contribution is -2.39. The van der Waals surface area contributed by atoms with Gasteiger partial charge in [0.05, 0.1) is 25.3 Å². The summed E-state index contributed by atoms with van der Waals surface area (Å²) in [5, 5.41) is 9.36. The fraction of sp³-hybridized carbons (Fsp3) is 0.529. The zero-order valence-corrected chi connectivity index (χ0v) is 15.8. The quantitative estimate of drug-likeness (QED) is 0.680. The fourth-order valence-electron chi connectivity index (χ4n) is 3.10. The molecule has 2 rings (SSSR count). The van der Waals surface area contributed by atoms with Crippen LogP contribution >= 0.6 is 0 Å². The van der Waals surface area contributed by atoms with Crippen molar-refractivity contribution in [2.45, 2.75) is 19.3 Å². The van der Waals surface area contributed by atoms with Crippen molar-refractivity contribution in [1.29, 1.82) is 5.26 Å². The molecule has 0 bridgehead atoms. The number of thiol groups is 1. The summed E-state index contributed by atoms with van der Waals surface area (Å²) in [6.45, 7) is 1.57. The van der Waals surface area contributed by atoms with Crippen molar-refractivity contribution in [3.8, 4) is 17.6 Å². The van der Waals surface area contributed by atoms with Crippen molar-refractivity contribution >= 4 is 16.8 Å². The lowest BCUT2D eigenvalue weighted by atomic mass is 9.93. The molecule has 0 radical (unpaired) electrons. The van der Waals surface area contributed by atoms with Crippen LogP contribution in [0.4, 0.5) is 0 Å².